The zero-order valence-electron chi connectivity index (χ0n) is 16.2. The van der Waals surface area contributed by atoms with E-state index < -0.39 is 17.5 Å². The topological polar surface area (TPSA) is 51.0 Å². The zero-order valence-corrected chi connectivity index (χ0v) is 16.9. The lowest BCUT2D eigenvalue weighted by molar-refractivity contribution is 0.0763. The molecule has 0 unspecified atom stereocenters. The van der Waals surface area contributed by atoms with Gasteiger partial charge in [0.25, 0.3) is 5.91 Å². The van der Waals surface area contributed by atoms with Gasteiger partial charge in [-0.05, 0) is 41.5 Å². The number of amides is 1. The zero-order chi connectivity index (χ0) is 21.9. The van der Waals surface area contributed by atoms with Gasteiger partial charge in [0.1, 0.15) is 28.0 Å². The molecule has 5 rings (SSSR count). The first-order valence-electron chi connectivity index (χ1n) is 9.36. The SMILES string of the molecule is Cn1cc2c(-c3cc(F)c(CN4Cc5ncccc5C4=O)c(F)c3)cc(F)c(Cl)c2n1. The third-order valence-electron chi connectivity index (χ3n) is 5.36. The molecule has 0 bridgehead atoms. The average Bonchev–Trinajstić information content (AvgIpc) is 3.28. The Bertz CT molecular complexity index is 1360. The Balaban J connectivity index is 1.54. The van der Waals surface area contributed by atoms with Crippen molar-refractivity contribution in [2.45, 2.75) is 13.1 Å². The van der Waals surface area contributed by atoms with Gasteiger partial charge in [-0.15, -0.1) is 0 Å². The van der Waals surface area contributed by atoms with Gasteiger partial charge in [0.15, 0.2) is 0 Å². The van der Waals surface area contributed by atoms with Gasteiger partial charge in [-0.3, -0.25) is 14.5 Å². The van der Waals surface area contributed by atoms with E-state index in [-0.39, 0.29) is 46.2 Å². The van der Waals surface area contributed by atoms with Gasteiger partial charge in [-0.1, -0.05) is 11.6 Å². The summed E-state index contributed by atoms with van der Waals surface area (Å²) in [5.74, 6) is -2.73. The maximum Gasteiger partial charge on any atom is 0.256 e. The first-order chi connectivity index (χ1) is 14.8. The summed E-state index contributed by atoms with van der Waals surface area (Å²) in [7, 11) is 1.64. The number of benzene rings is 2. The van der Waals surface area contributed by atoms with Gasteiger partial charge in [0.2, 0.25) is 0 Å². The molecule has 1 aliphatic rings. The van der Waals surface area contributed by atoms with Crippen molar-refractivity contribution >= 4 is 28.4 Å². The molecule has 31 heavy (non-hydrogen) atoms. The highest BCUT2D eigenvalue weighted by Gasteiger charge is 2.30. The maximum absolute atomic E-state index is 15.0. The molecule has 1 aliphatic heterocycles. The van der Waals surface area contributed by atoms with Gasteiger partial charge in [-0.2, -0.15) is 5.10 Å². The van der Waals surface area contributed by atoms with E-state index in [1.807, 2.05) is 0 Å². The van der Waals surface area contributed by atoms with Crippen molar-refractivity contribution in [1.82, 2.24) is 19.7 Å². The summed E-state index contributed by atoms with van der Waals surface area (Å²) >= 11 is 5.99. The molecule has 2 aromatic carbocycles. The van der Waals surface area contributed by atoms with Gasteiger partial charge in [0.05, 0.1) is 24.3 Å². The predicted molar refractivity (Wildman–Crippen MR) is 109 cm³/mol. The minimum atomic E-state index is -0.834. The number of hydrogen-bond donors (Lipinski definition) is 0. The second kappa shape index (κ2) is 7.09. The van der Waals surface area contributed by atoms with Crippen LogP contribution in [0.15, 0.2) is 42.7 Å². The van der Waals surface area contributed by atoms with E-state index in [2.05, 4.69) is 10.1 Å². The van der Waals surface area contributed by atoms with E-state index in [9.17, 15) is 18.0 Å². The molecule has 0 spiro atoms. The van der Waals surface area contributed by atoms with Crippen molar-refractivity contribution in [3.63, 3.8) is 0 Å². The minimum Gasteiger partial charge on any atom is -0.328 e. The number of halogens is 4. The van der Waals surface area contributed by atoms with Crippen LogP contribution in [0.25, 0.3) is 22.0 Å². The molecular formula is C22H14ClF3N4O. The standard InChI is InChI=1S/C22H14ClF3N4O/c1-29-8-14-13(7-18(26)20(23)21(14)28-29)11-5-16(24)15(17(25)6-11)9-30-10-19-12(22(30)31)3-2-4-27-19/h2-8H,9-10H2,1H3. The van der Waals surface area contributed by atoms with E-state index in [1.54, 1.807) is 31.6 Å². The van der Waals surface area contributed by atoms with E-state index in [1.165, 1.54) is 9.58 Å². The van der Waals surface area contributed by atoms with Crippen molar-refractivity contribution in [1.29, 1.82) is 0 Å². The normalized spacial score (nSPS) is 13.3. The van der Waals surface area contributed by atoms with Crippen LogP contribution in [0.2, 0.25) is 5.02 Å². The van der Waals surface area contributed by atoms with Crippen molar-refractivity contribution in [2.75, 3.05) is 0 Å². The quantitative estimate of drug-likeness (QED) is 0.455. The largest absolute Gasteiger partial charge is 0.328 e. The van der Waals surface area contributed by atoms with Crippen molar-refractivity contribution in [2.24, 2.45) is 7.05 Å². The molecule has 0 saturated heterocycles. The molecule has 0 N–H and O–H groups in total. The van der Waals surface area contributed by atoms with Crippen molar-refractivity contribution in [3.05, 3.63) is 82.0 Å². The fraction of sp³-hybridized carbons (Fsp3) is 0.136. The Labute approximate surface area is 179 Å². The van der Waals surface area contributed by atoms with Crippen LogP contribution in [0.3, 0.4) is 0 Å². The van der Waals surface area contributed by atoms with Gasteiger partial charge >= 0.3 is 0 Å². The number of rotatable bonds is 3. The molecule has 0 radical (unpaired) electrons. The second-order valence-corrected chi connectivity index (χ2v) is 7.74. The average molecular weight is 443 g/mol. The molecule has 0 atom stereocenters. The summed E-state index contributed by atoms with van der Waals surface area (Å²) in [6, 6.07) is 6.65. The third kappa shape index (κ3) is 3.14. The van der Waals surface area contributed by atoms with Crippen LogP contribution >= 0.6 is 11.6 Å². The highest BCUT2D eigenvalue weighted by atomic mass is 35.5. The van der Waals surface area contributed by atoms with Crippen LogP contribution in [0.4, 0.5) is 13.2 Å². The number of aryl methyl sites for hydroxylation is 1. The molecule has 9 heteroatoms. The molecule has 5 nitrogen and oxygen atoms in total. The van der Waals surface area contributed by atoms with Crippen LogP contribution in [0.5, 0.6) is 0 Å². The van der Waals surface area contributed by atoms with Crippen LogP contribution in [-0.2, 0) is 20.1 Å². The van der Waals surface area contributed by atoms with E-state index in [0.29, 0.717) is 16.6 Å². The van der Waals surface area contributed by atoms with E-state index >= 15 is 0 Å². The van der Waals surface area contributed by atoms with E-state index in [4.69, 9.17) is 11.6 Å². The van der Waals surface area contributed by atoms with Gasteiger partial charge in [-0.25, -0.2) is 13.2 Å². The fourth-order valence-corrected chi connectivity index (χ4v) is 4.07. The van der Waals surface area contributed by atoms with Gasteiger partial charge < -0.3 is 4.90 Å². The Kier molecular flexibility index (Phi) is 4.48. The molecule has 0 saturated carbocycles. The maximum atomic E-state index is 15.0. The summed E-state index contributed by atoms with van der Waals surface area (Å²) in [6.45, 7) is -0.0707. The number of pyridine rings is 1. The predicted octanol–water partition coefficient (Wildman–Crippen LogP) is 4.86. The van der Waals surface area contributed by atoms with Crippen molar-refractivity contribution in [3.8, 4) is 11.1 Å². The van der Waals surface area contributed by atoms with Crippen LogP contribution in [0.1, 0.15) is 21.6 Å². The Morgan fingerprint density at radius 3 is 2.55 bits per heavy atom. The first-order valence-corrected chi connectivity index (χ1v) is 9.74. The molecule has 3 heterocycles. The summed E-state index contributed by atoms with van der Waals surface area (Å²) in [6.07, 6.45) is 3.17. The van der Waals surface area contributed by atoms with Crippen LogP contribution < -0.4 is 0 Å². The van der Waals surface area contributed by atoms with E-state index in [0.717, 1.165) is 18.2 Å². The van der Waals surface area contributed by atoms with Crippen molar-refractivity contribution < 1.29 is 18.0 Å². The first kappa shape index (κ1) is 19.6. The summed E-state index contributed by atoms with van der Waals surface area (Å²) in [5.41, 5.74) is 1.36. The molecule has 156 valence electrons. The number of fused-ring (bicyclic) bond motifs is 2. The van der Waals surface area contributed by atoms with Crippen LogP contribution in [0, 0.1) is 17.5 Å². The number of carbonyl (C=O) groups is 1. The fourth-order valence-electron chi connectivity index (χ4n) is 3.88. The lowest BCUT2D eigenvalue weighted by Gasteiger charge is -2.17. The van der Waals surface area contributed by atoms with Gasteiger partial charge in [0, 0.05) is 30.4 Å². The number of nitrogens with zero attached hydrogens (tertiary/aromatic N) is 4. The lowest BCUT2D eigenvalue weighted by Crippen LogP contribution is -2.24. The molecule has 2 aromatic heterocycles. The summed E-state index contributed by atoms with van der Waals surface area (Å²) in [4.78, 5) is 18.0. The molecule has 4 aromatic rings. The molecule has 1 amide bonds. The Hall–Kier alpha value is -3.39. The monoisotopic (exact) mass is 442 g/mol. The molecular weight excluding hydrogens is 429 g/mol. The Morgan fingerprint density at radius 2 is 1.84 bits per heavy atom. The number of carbonyl (C=O) groups excluding carboxylic acids is 1. The smallest absolute Gasteiger partial charge is 0.256 e. The summed E-state index contributed by atoms with van der Waals surface area (Å²) < 4.78 is 45.7. The molecule has 0 fully saturated rings. The molecule has 0 aliphatic carbocycles. The second-order valence-electron chi connectivity index (χ2n) is 7.36. The highest BCUT2D eigenvalue weighted by molar-refractivity contribution is 6.35. The number of aromatic nitrogens is 3. The lowest BCUT2D eigenvalue weighted by atomic mass is 9.99. The summed E-state index contributed by atoms with van der Waals surface area (Å²) in [5, 5.41) is 4.44. The van der Waals surface area contributed by atoms with Crippen LogP contribution in [-0.4, -0.2) is 25.6 Å². The Morgan fingerprint density at radius 1 is 1.10 bits per heavy atom. The minimum absolute atomic E-state index is 0.144. The third-order valence-corrected chi connectivity index (χ3v) is 5.72. The number of hydrogen-bond acceptors (Lipinski definition) is 3. The highest BCUT2D eigenvalue weighted by Crippen LogP contribution is 2.36.